The minimum absolute atomic E-state index is 0.0863. The molecule has 1 saturated carbocycles. The third kappa shape index (κ3) is 2.09. The first-order valence-electron chi connectivity index (χ1n) is 7.35. The second-order valence-corrected chi connectivity index (χ2v) is 7.19. The Kier molecular flexibility index (Phi) is 3.19. The van der Waals surface area contributed by atoms with Crippen molar-refractivity contribution in [1.29, 1.82) is 0 Å². The Hall–Kier alpha value is -1.34. The molecule has 3 aliphatic rings. The van der Waals surface area contributed by atoms with Crippen molar-refractivity contribution in [3.05, 3.63) is 40.4 Å². The maximum absolute atomic E-state index is 13.1. The van der Waals surface area contributed by atoms with Gasteiger partial charge in [-0.05, 0) is 36.5 Å². The van der Waals surface area contributed by atoms with Crippen molar-refractivity contribution < 1.29 is 23.1 Å². The highest BCUT2D eigenvalue weighted by molar-refractivity contribution is 9.10. The van der Waals surface area contributed by atoms with Crippen molar-refractivity contribution >= 4 is 27.5 Å². The minimum atomic E-state index is -4.53. The van der Waals surface area contributed by atoms with E-state index in [9.17, 15) is 23.1 Å². The van der Waals surface area contributed by atoms with Gasteiger partial charge in [-0.2, -0.15) is 13.2 Å². The summed E-state index contributed by atoms with van der Waals surface area (Å²) in [4.78, 5) is 13.8. The Labute approximate surface area is 138 Å². The molecule has 1 heterocycles. The third-order valence-electron chi connectivity index (χ3n) is 5.19. The van der Waals surface area contributed by atoms with Crippen LogP contribution in [0.2, 0.25) is 0 Å². The van der Waals surface area contributed by atoms with Crippen molar-refractivity contribution in [1.82, 2.24) is 0 Å². The number of carbonyl (C=O) groups excluding carboxylic acids is 1. The summed E-state index contributed by atoms with van der Waals surface area (Å²) in [6, 6.07) is 3.61. The van der Waals surface area contributed by atoms with Crippen molar-refractivity contribution in [2.75, 3.05) is 4.90 Å². The first-order chi connectivity index (χ1) is 10.8. The van der Waals surface area contributed by atoms with E-state index in [1.165, 1.54) is 12.1 Å². The maximum Gasteiger partial charge on any atom is 0.417 e. The number of fused-ring (bicyclic) bond motifs is 5. The lowest BCUT2D eigenvalue weighted by molar-refractivity contribution is -0.138. The number of benzene rings is 1. The number of hydrogen-bond acceptors (Lipinski definition) is 2. The van der Waals surface area contributed by atoms with E-state index in [2.05, 4.69) is 15.9 Å². The molecule has 2 bridgehead atoms. The zero-order chi connectivity index (χ0) is 16.5. The number of anilines is 1. The van der Waals surface area contributed by atoms with Crippen LogP contribution >= 0.6 is 15.9 Å². The molecule has 0 aromatic heterocycles. The number of hydrogen-bond donors (Lipinski definition) is 1. The number of alkyl halides is 3. The molecular formula is C16H13BrF3NO2. The van der Waals surface area contributed by atoms with E-state index in [1.54, 1.807) is 0 Å². The number of aliphatic hydroxyl groups excluding tert-OH is 1. The van der Waals surface area contributed by atoms with Crippen LogP contribution in [0.25, 0.3) is 0 Å². The zero-order valence-corrected chi connectivity index (χ0v) is 13.4. The molecule has 2 aliphatic carbocycles. The summed E-state index contributed by atoms with van der Waals surface area (Å²) >= 11 is 2.89. The van der Waals surface area contributed by atoms with Crippen molar-refractivity contribution in [3.63, 3.8) is 0 Å². The van der Waals surface area contributed by atoms with E-state index in [0.29, 0.717) is 0 Å². The van der Waals surface area contributed by atoms with Crippen LogP contribution in [0, 0.1) is 23.7 Å². The summed E-state index contributed by atoms with van der Waals surface area (Å²) < 4.78 is 39.1. The molecule has 23 heavy (non-hydrogen) atoms. The van der Waals surface area contributed by atoms with E-state index in [0.717, 1.165) is 17.4 Å². The second kappa shape index (κ2) is 4.83. The monoisotopic (exact) mass is 387 g/mol. The molecule has 1 amide bonds. The van der Waals surface area contributed by atoms with E-state index in [1.807, 2.05) is 12.2 Å². The first-order valence-corrected chi connectivity index (χ1v) is 8.14. The molecule has 4 rings (SSSR count). The Morgan fingerprint density at radius 1 is 1.22 bits per heavy atom. The minimum Gasteiger partial charge on any atom is -0.373 e. The molecule has 5 unspecified atom stereocenters. The fraction of sp³-hybridized carbons (Fsp3) is 0.438. The molecule has 5 atom stereocenters. The third-order valence-corrected chi connectivity index (χ3v) is 5.88. The fourth-order valence-corrected chi connectivity index (χ4v) is 4.71. The number of halogens is 4. The number of nitrogens with zero attached hydrogens (tertiary/aromatic N) is 1. The molecule has 3 nitrogen and oxygen atoms in total. The van der Waals surface area contributed by atoms with E-state index >= 15 is 0 Å². The molecule has 0 spiro atoms. The summed E-state index contributed by atoms with van der Waals surface area (Å²) in [7, 11) is 0. The number of carbonyl (C=O) groups is 1. The van der Waals surface area contributed by atoms with Crippen LogP contribution in [-0.4, -0.2) is 17.2 Å². The summed E-state index contributed by atoms with van der Waals surface area (Å²) in [5, 5.41) is 10.5. The second-order valence-electron chi connectivity index (χ2n) is 6.34. The van der Waals surface area contributed by atoms with Crippen LogP contribution in [0.3, 0.4) is 0 Å². The number of allylic oxidation sites excluding steroid dienone is 2. The molecule has 2 fully saturated rings. The topological polar surface area (TPSA) is 40.5 Å². The molecule has 122 valence electrons. The smallest absolute Gasteiger partial charge is 0.373 e. The van der Waals surface area contributed by atoms with Gasteiger partial charge in [-0.25, -0.2) is 0 Å². The SMILES string of the molecule is O=C1C2C3C=CC(C3)C2C(O)N1c1ccc(Br)c(C(F)(F)F)c1. The predicted molar refractivity (Wildman–Crippen MR) is 80.4 cm³/mol. The first kappa shape index (κ1) is 15.2. The van der Waals surface area contributed by atoms with E-state index < -0.39 is 18.0 Å². The maximum atomic E-state index is 13.1. The fourth-order valence-electron chi connectivity index (χ4n) is 4.24. The molecule has 1 aromatic carbocycles. The molecule has 1 aromatic rings. The summed E-state index contributed by atoms with van der Waals surface area (Å²) in [6.45, 7) is 0. The van der Waals surface area contributed by atoms with E-state index in [4.69, 9.17) is 0 Å². The zero-order valence-electron chi connectivity index (χ0n) is 11.8. The van der Waals surface area contributed by atoms with Crippen LogP contribution in [0.4, 0.5) is 18.9 Å². The standard InChI is InChI=1S/C16H13BrF3NO2/c17-11-4-3-9(6-10(11)16(18,19)20)21-14(22)12-7-1-2-8(5-7)13(12)15(21)23/h1-4,6-8,12-14,22H,5H2. The molecule has 0 radical (unpaired) electrons. The van der Waals surface area contributed by atoms with Gasteiger partial charge in [-0.15, -0.1) is 0 Å². The lowest BCUT2D eigenvalue weighted by atomic mass is 9.85. The molecule has 1 aliphatic heterocycles. The van der Waals surface area contributed by atoms with Crippen molar-refractivity contribution in [3.8, 4) is 0 Å². The molecule has 1 N–H and O–H groups in total. The number of rotatable bonds is 1. The lowest BCUT2D eigenvalue weighted by Gasteiger charge is -2.26. The molecule has 1 saturated heterocycles. The van der Waals surface area contributed by atoms with Gasteiger partial charge in [0.15, 0.2) is 0 Å². The Morgan fingerprint density at radius 3 is 2.57 bits per heavy atom. The Bertz CT molecular complexity index is 718. The van der Waals surface area contributed by atoms with Gasteiger partial charge in [0, 0.05) is 16.1 Å². The Morgan fingerprint density at radius 2 is 1.91 bits per heavy atom. The van der Waals surface area contributed by atoms with Crippen LogP contribution in [0.1, 0.15) is 12.0 Å². The van der Waals surface area contributed by atoms with Crippen LogP contribution in [-0.2, 0) is 11.0 Å². The van der Waals surface area contributed by atoms with Crippen LogP contribution in [0.15, 0.2) is 34.8 Å². The molecular weight excluding hydrogens is 375 g/mol. The van der Waals surface area contributed by atoms with Gasteiger partial charge in [0.05, 0.1) is 11.5 Å². The van der Waals surface area contributed by atoms with Crippen LogP contribution < -0.4 is 4.90 Å². The highest BCUT2D eigenvalue weighted by atomic mass is 79.9. The summed E-state index contributed by atoms with van der Waals surface area (Å²) in [6.07, 6.45) is -0.758. The van der Waals surface area contributed by atoms with Gasteiger partial charge in [0.1, 0.15) is 6.23 Å². The van der Waals surface area contributed by atoms with Gasteiger partial charge in [0.2, 0.25) is 5.91 Å². The summed E-state index contributed by atoms with van der Waals surface area (Å²) in [5.41, 5.74) is -0.764. The van der Waals surface area contributed by atoms with Gasteiger partial charge in [-0.1, -0.05) is 28.1 Å². The van der Waals surface area contributed by atoms with Gasteiger partial charge in [-0.3, -0.25) is 9.69 Å². The number of aliphatic hydroxyl groups is 1. The van der Waals surface area contributed by atoms with E-state index in [-0.39, 0.29) is 39.7 Å². The van der Waals surface area contributed by atoms with Gasteiger partial charge < -0.3 is 5.11 Å². The highest BCUT2D eigenvalue weighted by Crippen LogP contribution is 2.55. The van der Waals surface area contributed by atoms with Crippen molar-refractivity contribution in [2.24, 2.45) is 23.7 Å². The predicted octanol–water partition coefficient (Wildman–Crippen LogP) is 3.57. The normalized spacial score (nSPS) is 35.3. The summed E-state index contributed by atoms with van der Waals surface area (Å²) in [5.74, 6) is -0.607. The quantitative estimate of drug-likeness (QED) is 0.748. The van der Waals surface area contributed by atoms with Crippen molar-refractivity contribution in [2.45, 2.75) is 18.8 Å². The Balaban J connectivity index is 1.74. The average Bonchev–Trinajstić information content (AvgIpc) is 3.13. The van der Waals surface area contributed by atoms with Crippen LogP contribution in [0.5, 0.6) is 0 Å². The van der Waals surface area contributed by atoms with Gasteiger partial charge in [0.25, 0.3) is 0 Å². The number of amides is 1. The van der Waals surface area contributed by atoms with Gasteiger partial charge >= 0.3 is 6.18 Å². The average molecular weight is 388 g/mol. The largest absolute Gasteiger partial charge is 0.417 e. The highest BCUT2D eigenvalue weighted by Gasteiger charge is 2.59. The lowest BCUT2D eigenvalue weighted by Crippen LogP contribution is -2.37. The molecule has 7 heteroatoms.